The Kier molecular flexibility index (Phi) is 4.54. The molecule has 15 heavy (non-hydrogen) atoms. The maximum absolute atomic E-state index is 11.8. The first-order valence-electron chi connectivity index (χ1n) is 5.70. The third-order valence-electron chi connectivity index (χ3n) is 3.30. The van der Waals surface area contributed by atoms with Crippen LogP contribution < -0.4 is 5.32 Å². The van der Waals surface area contributed by atoms with Crippen LogP contribution in [0.15, 0.2) is 0 Å². The minimum absolute atomic E-state index is 0.274. The molecule has 2 unspecified atom stereocenters. The lowest BCUT2D eigenvalue weighted by atomic mass is 10.1. The summed E-state index contributed by atoms with van der Waals surface area (Å²) in [5.74, 6) is 0.274. The maximum Gasteiger partial charge on any atom is 0.223 e. The van der Waals surface area contributed by atoms with E-state index >= 15 is 0 Å². The molecule has 1 aliphatic rings. The number of carbonyl (C=O) groups is 1. The highest BCUT2D eigenvalue weighted by atomic mass is 16.2. The van der Waals surface area contributed by atoms with Crippen LogP contribution in [0.25, 0.3) is 0 Å². The Balaban J connectivity index is 2.46. The normalized spacial score (nSPS) is 28.1. The second-order valence-electron chi connectivity index (χ2n) is 4.52. The van der Waals surface area contributed by atoms with Crippen LogP contribution >= 0.6 is 0 Å². The molecule has 1 amide bonds. The molecular formula is C11H23N3O. The van der Waals surface area contributed by atoms with Crippen molar-refractivity contribution in [3.8, 4) is 0 Å². The van der Waals surface area contributed by atoms with Crippen molar-refractivity contribution in [3.05, 3.63) is 0 Å². The van der Waals surface area contributed by atoms with Gasteiger partial charge in [0.15, 0.2) is 0 Å². The van der Waals surface area contributed by atoms with Crippen LogP contribution in [0, 0.1) is 0 Å². The summed E-state index contributed by atoms with van der Waals surface area (Å²) in [4.78, 5) is 16.2. The van der Waals surface area contributed by atoms with Gasteiger partial charge in [0.25, 0.3) is 0 Å². The van der Waals surface area contributed by atoms with Gasteiger partial charge in [0, 0.05) is 38.1 Å². The van der Waals surface area contributed by atoms with Gasteiger partial charge in [0.05, 0.1) is 0 Å². The Hall–Kier alpha value is -0.610. The van der Waals surface area contributed by atoms with Crippen molar-refractivity contribution in [1.29, 1.82) is 0 Å². The summed E-state index contributed by atoms with van der Waals surface area (Å²) < 4.78 is 0. The molecule has 1 N–H and O–H groups in total. The highest BCUT2D eigenvalue weighted by molar-refractivity contribution is 5.76. The first-order chi connectivity index (χ1) is 7.06. The van der Waals surface area contributed by atoms with Crippen molar-refractivity contribution in [3.63, 3.8) is 0 Å². The van der Waals surface area contributed by atoms with Crippen LogP contribution in [0.3, 0.4) is 0 Å². The minimum Gasteiger partial charge on any atom is -0.340 e. The highest BCUT2D eigenvalue weighted by Gasteiger charge is 2.28. The molecule has 0 aromatic carbocycles. The standard InChI is InChI=1S/C11H23N3O/c1-9-7-14(8-10(2)13(9)4)11(15)5-6-12-3/h9-10,12H,5-8H2,1-4H3. The van der Waals surface area contributed by atoms with Crippen LogP contribution in [0.5, 0.6) is 0 Å². The molecule has 0 bridgehead atoms. The van der Waals surface area contributed by atoms with Crippen LogP contribution in [-0.4, -0.2) is 61.5 Å². The van der Waals surface area contributed by atoms with Crippen molar-refractivity contribution >= 4 is 5.91 Å². The zero-order valence-electron chi connectivity index (χ0n) is 10.3. The Morgan fingerprint density at radius 1 is 1.33 bits per heavy atom. The summed E-state index contributed by atoms with van der Waals surface area (Å²) >= 11 is 0. The van der Waals surface area contributed by atoms with Gasteiger partial charge in [-0.25, -0.2) is 0 Å². The van der Waals surface area contributed by atoms with Gasteiger partial charge < -0.3 is 10.2 Å². The Morgan fingerprint density at radius 3 is 2.33 bits per heavy atom. The minimum atomic E-state index is 0.274. The molecule has 0 radical (unpaired) electrons. The SMILES string of the molecule is CNCCC(=O)N1CC(C)N(C)C(C)C1. The fourth-order valence-corrected chi connectivity index (χ4v) is 2.00. The lowest BCUT2D eigenvalue weighted by molar-refractivity contribution is -0.135. The molecule has 4 heteroatoms. The molecule has 1 rings (SSSR count). The average molecular weight is 213 g/mol. The third kappa shape index (κ3) is 3.18. The molecule has 1 heterocycles. The first-order valence-corrected chi connectivity index (χ1v) is 5.70. The molecule has 0 aliphatic carbocycles. The fourth-order valence-electron chi connectivity index (χ4n) is 2.00. The topological polar surface area (TPSA) is 35.6 Å². The zero-order chi connectivity index (χ0) is 11.4. The lowest BCUT2D eigenvalue weighted by Gasteiger charge is -2.42. The first kappa shape index (κ1) is 12.5. The molecule has 1 saturated heterocycles. The van der Waals surface area contributed by atoms with Gasteiger partial charge in [-0.3, -0.25) is 9.69 Å². The van der Waals surface area contributed by atoms with Crippen LogP contribution in [0.1, 0.15) is 20.3 Å². The van der Waals surface area contributed by atoms with E-state index in [0.717, 1.165) is 19.6 Å². The van der Waals surface area contributed by atoms with Crippen LogP contribution in [0.4, 0.5) is 0 Å². The van der Waals surface area contributed by atoms with E-state index in [2.05, 4.69) is 31.1 Å². The predicted molar refractivity (Wildman–Crippen MR) is 61.8 cm³/mol. The van der Waals surface area contributed by atoms with Gasteiger partial charge in [0.2, 0.25) is 5.91 Å². The van der Waals surface area contributed by atoms with E-state index in [1.165, 1.54) is 0 Å². The van der Waals surface area contributed by atoms with Gasteiger partial charge in [0.1, 0.15) is 0 Å². The van der Waals surface area contributed by atoms with Crippen molar-refractivity contribution < 1.29 is 4.79 Å². The molecule has 2 atom stereocenters. The van der Waals surface area contributed by atoms with Gasteiger partial charge in [-0.05, 0) is 27.9 Å². The van der Waals surface area contributed by atoms with Crippen molar-refractivity contribution in [1.82, 2.24) is 15.1 Å². The predicted octanol–water partition coefficient (Wildman–Crippen LogP) is 0.147. The lowest BCUT2D eigenvalue weighted by Crippen LogP contribution is -2.56. The average Bonchev–Trinajstić information content (AvgIpc) is 2.21. The number of amides is 1. The number of hydrogen-bond acceptors (Lipinski definition) is 3. The van der Waals surface area contributed by atoms with E-state index in [1.807, 2.05) is 11.9 Å². The maximum atomic E-state index is 11.8. The number of piperazine rings is 1. The molecule has 1 fully saturated rings. The highest BCUT2D eigenvalue weighted by Crippen LogP contribution is 2.13. The van der Waals surface area contributed by atoms with E-state index in [9.17, 15) is 4.79 Å². The van der Waals surface area contributed by atoms with Gasteiger partial charge in [-0.1, -0.05) is 0 Å². The van der Waals surface area contributed by atoms with Crippen LogP contribution in [-0.2, 0) is 4.79 Å². The van der Waals surface area contributed by atoms with Crippen molar-refractivity contribution in [2.75, 3.05) is 33.7 Å². The summed E-state index contributed by atoms with van der Waals surface area (Å²) in [6.45, 7) is 6.85. The van der Waals surface area contributed by atoms with Gasteiger partial charge in [-0.15, -0.1) is 0 Å². The molecule has 88 valence electrons. The quantitative estimate of drug-likeness (QED) is 0.725. The Morgan fingerprint density at radius 2 is 1.87 bits per heavy atom. The van der Waals surface area contributed by atoms with Crippen molar-refractivity contribution in [2.45, 2.75) is 32.4 Å². The molecule has 4 nitrogen and oxygen atoms in total. The van der Waals surface area contributed by atoms with Gasteiger partial charge in [-0.2, -0.15) is 0 Å². The van der Waals surface area contributed by atoms with E-state index in [1.54, 1.807) is 0 Å². The molecular weight excluding hydrogens is 190 g/mol. The second-order valence-corrected chi connectivity index (χ2v) is 4.52. The number of likely N-dealkylation sites (N-methyl/N-ethyl adjacent to an activating group) is 1. The largest absolute Gasteiger partial charge is 0.340 e. The fraction of sp³-hybridized carbons (Fsp3) is 0.909. The van der Waals surface area contributed by atoms with E-state index in [-0.39, 0.29) is 5.91 Å². The van der Waals surface area contributed by atoms with Crippen molar-refractivity contribution in [2.24, 2.45) is 0 Å². The number of carbonyl (C=O) groups excluding carboxylic acids is 1. The van der Waals surface area contributed by atoms with Gasteiger partial charge >= 0.3 is 0 Å². The molecule has 1 aliphatic heterocycles. The summed E-state index contributed by atoms with van der Waals surface area (Å²) in [6.07, 6.45) is 0.611. The smallest absolute Gasteiger partial charge is 0.223 e. The molecule has 0 saturated carbocycles. The van der Waals surface area contributed by atoms with E-state index in [0.29, 0.717) is 18.5 Å². The monoisotopic (exact) mass is 213 g/mol. The number of hydrogen-bond donors (Lipinski definition) is 1. The van der Waals surface area contributed by atoms with Crippen LogP contribution in [0.2, 0.25) is 0 Å². The number of rotatable bonds is 3. The molecule has 0 spiro atoms. The number of nitrogens with one attached hydrogen (secondary N) is 1. The summed E-state index contributed by atoms with van der Waals surface area (Å²) in [6, 6.07) is 0.930. The Bertz CT molecular complexity index is 208. The number of nitrogens with zero attached hydrogens (tertiary/aromatic N) is 2. The zero-order valence-corrected chi connectivity index (χ0v) is 10.3. The summed E-state index contributed by atoms with van der Waals surface area (Å²) in [5.41, 5.74) is 0. The second kappa shape index (κ2) is 5.47. The Labute approximate surface area is 92.6 Å². The summed E-state index contributed by atoms with van der Waals surface area (Å²) in [5, 5.41) is 3.01. The summed E-state index contributed by atoms with van der Waals surface area (Å²) in [7, 11) is 4.01. The van der Waals surface area contributed by atoms with E-state index < -0.39 is 0 Å². The third-order valence-corrected chi connectivity index (χ3v) is 3.30. The molecule has 0 aromatic rings. The van der Waals surface area contributed by atoms with E-state index in [4.69, 9.17) is 0 Å². The molecule has 0 aromatic heterocycles.